The molecule has 15 heavy (non-hydrogen) atoms. The number of anilines is 1. The van der Waals surface area contributed by atoms with Crippen LogP contribution in [0.4, 0.5) is 5.69 Å². The van der Waals surface area contributed by atoms with Crippen molar-refractivity contribution in [1.29, 1.82) is 0 Å². The van der Waals surface area contributed by atoms with Crippen LogP contribution in [0.25, 0.3) is 0 Å². The van der Waals surface area contributed by atoms with Crippen LogP contribution in [-0.4, -0.2) is 11.9 Å². The van der Waals surface area contributed by atoms with Crippen LogP contribution in [0.1, 0.15) is 18.9 Å². The molecular weight excluding hydrogens is 212 g/mol. The number of nitrogens with one attached hydrogen (secondary N) is 1. The Morgan fingerprint density at radius 3 is 2.80 bits per heavy atom. The Kier molecular flexibility index (Phi) is 4.12. The number of nitrogens with two attached hydrogens (primary N) is 1. The number of aryl methyl sites for hydroxylation is 1. The molecule has 3 nitrogen and oxygen atoms in total. The van der Waals surface area contributed by atoms with E-state index in [1.165, 1.54) is 0 Å². The molecule has 0 saturated carbocycles. The number of carbonyl (C=O) groups excluding carboxylic acids is 1. The molecule has 1 amide bonds. The van der Waals surface area contributed by atoms with Crippen molar-refractivity contribution in [2.75, 3.05) is 5.32 Å². The summed E-state index contributed by atoms with van der Waals surface area (Å²) in [6.45, 7) is 3.76. The third-order valence-electron chi connectivity index (χ3n) is 2.22. The van der Waals surface area contributed by atoms with Crippen molar-refractivity contribution in [2.24, 2.45) is 5.73 Å². The van der Waals surface area contributed by atoms with Crippen molar-refractivity contribution in [3.8, 4) is 0 Å². The summed E-state index contributed by atoms with van der Waals surface area (Å²) in [6, 6.07) is 4.86. The van der Waals surface area contributed by atoms with Gasteiger partial charge in [-0.25, -0.2) is 0 Å². The lowest BCUT2D eigenvalue weighted by molar-refractivity contribution is -0.117. The summed E-state index contributed by atoms with van der Waals surface area (Å²) >= 11 is 5.81. The molecule has 0 aliphatic rings. The molecule has 0 radical (unpaired) electrons. The molecule has 1 aromatic carbocycles. The Balaban J connectivity index is 2.77. The number of carbonyl (C=O) groups is 1. The van der Waals surface area contributed by atoms with Crippen LogP contribution in [0.3, 0.4) is 0 Å². The Morgan fingerprint density at radius 1 is 1.60 bits per heavy atom. The Morgan fingerprint density at radius 2 is 2.27 bits per heavy atom. The lowest BCUT2D eigenvalue weighted by Gasteiger charge is -2.12. The summed E-state index contributed by atoms with van der Waals surface area (Å²) in [6.07, 6.45) is 0.623. The molecule has 0 saturated heterocycles. The molecule has 0 heterocycles. The summed E-state index contributed by atoms with van der Waals surface area (Å²) in [4.78, 5) is 11.5. The maximum atomic E-state index is 11.5. The van der Waals surface area contributed by atoms with Gasteiger partial charge in [0, 0.05) is 10.7 Å². The fourth-order valence-electron chi connectivity index (χ4n) is 1.18. The molecule has 3 N–H and O–H groups in total. The molecule has 4 heteroatoms. The Hall–Kier alpha value is -1.06. The van der Waals surface area contributed by atoms with Gasteiger partial charge in [-0.3, -0.25) is 4.79 Å². The van der Waals surface area contributed by atoms with Crippen molar-refractivity contribution in [1.82, 2.24) is 0 Å². The van der Waals surface area contributed by atoms with E-state index in [1.54, 1.807) is 18.2 Å². The third kappa shape index (κ3) is 3.22. The molecule has 1 aromatic rings. The second-order valence-corrected chi connectivity index (χ2v) is 3.90. The largest absolute Gasteiger partial charge is 0.324 e. The number of benzene rings is 1. The highest BCUT2D eigenvalue weighted by Gasteiger charge is 2.11. The van der Waals surface area contributed by atoms with Crippen LogP contribution in [0.15, 0.2) is 18.2 Å². The summed E-state index contributed by atoms with van der Waals surface area (Å²) in [5.41, 5.74) is 7.29. The highest BCUT2D eigenvalue weighted by Crippen LogP contribution is 2.19. The number of hydrogen-bond donors (Lipinski definition) is 2. The fraction of sp³-hybridized carbons (Fsp3) is 0.364. The predicted octanol–water partition coefficient (Wildman–Crippen LogP) is 2.32. The minimum atomic E-state index is -0.458. The average Bonchev–Trinajstić information content (AvgIpc) is 2.20. The lowest BCUT2D eigenvalue weighted by Crippen LogP contribution is -2.34. The van der Waals surface area contributed by atoms with Crippen molar-refractivity contribution in [3.05, 3.63) is 28.8 Å². The van der Waals surface area contributed by atoms with E-state index in [4.69, 9.17) is 17.3 Å². The zero-order valence-corrected chi connectivity index (χ0v) is 9.64. The molecule has 0 fully saturated rings. The van der Waals surface area contributed by atoms with Crippen molar-refractivity contribution < 1.29 is 4.79 Å². The van der Waals surface area contributed by atoms with Crippen LogP contribution in [0, 0.1) is 6.92 Å². The minimum Gasteiger partial charge on any atom is -0.324 e. The molecule has 1 rings (SSSR count). The number of rotatable bonds is 3. The summed E-state index contributed by atoms with van der Waals surface area (Å²) in [5, 5.41) is 3.42. The van der Waals surface area contributed by atoms with Gasteiger partial charge in [0.05, 0.1) is 6.04 Å². The van der Waals surface area contributed by atoms with Gasteiger partial charge >= 0.3 is 0 Å². The Bertz CT molecular complexity index is 366. The van der Waals surface area contributed by atoms with Crippen LogP contribution in [0.2, 0.25) is 5.02 Å². The van der Waals surface area contributed by atoms with Gasteiger partial charge in [-0.15, -0.1) is 0 Å². The molecule has 0 aromatic heterocycles. The van der Waals surface area contributed by atoms with Gasteiger partial charge in [0.2, 0.25) is 5.91 Å². The smallest absolute Gasteiger partial charge is 0.241 e. The molecule has 0 aliphatic heterocycles. The molecular formula is C11H15ClN2O. The van der Waals surface area contributed by atoms with Crippen molar-refractivity contribution in [3.63, 3.8) is 0 Å². The zero-order valence-electron chi connectivity index (χ0n) is 8.88. The maximum absolute atomic E-state index is 11.5. The molecule has 0 bridgehead atoms. The van der Waals surface area contributed by atoms with Gasteiger partial charge in [-0.2, -0.15) is 0 Å². The van der Waals surface area contributed by atoms with Crippen molar-refractivity contribution >= 4 is 23.2 Å². The standard InChI is InChI=1S/C11H15ClN2O/c1-3-9(13)11(15)14-10-5-4-8(12)6-7(10)2/h4-6,9H,3,13H2,1-2H3,(H,14,15)/t9-/m0/s1. The highest BCUT2D eigenvalue weighted by atomic mass is 35.5. The summed E-state index contributed by atoms with van der Waals surface area (Å²) < 4.78 is 0. The minimum absolute atomic E-state index is 0.164. The van der Waals surface area contributed by atoms with Gasteiger partial charge in [0.1, 0.15) is 0 Å². The first-order valence-corrected chi connectivity index (χ1v) is 5.25. The lowest BCUT2D eigenvalue weighted by atomic mass is 10.1. The first kappa shape index (κ1) is 12.0. The highest BCUT2D eigenvalue weighted by molar-refractivity contribution is 6.30. The molecule has 0 aliphatic carbocycles. The summed E-state index contributed by atoms with van der Waals surface area (Å²) in [5.74, 6) is -0.164. The Labute approximate surface area is 94.6 Å². The van der Waals surface area contributed by atoms with Gasteiger partial charge in [0.15, 0.2) is 0 Å². The van der Waals surface area contributed by atoms with Crippen LogP contribution in [0.5, 0.6) is 0 Å². The fourth-order valence-corrected chi connectivity index (χ4v) is 1.40. The number of amides is 1. The predicted molar refractivity (Wildman–Crippen MR) is 63.1 cm³/mol. The molecule has 82 valence electrons. The number of hydrogen-bond acceptors (Lipinski definition) is 2. The van der Waals surface area contributed by atoms with E-state index in [2.05, 4.69) is 5.32 Å². The second kappa shape index (κ2) is 5.14. The molecule has 0 spiro atoms. The van der Waals surface area contributed by atoms with E-state index >= 15 is 0 Å². The van der Waals surface area contributed by atoms with Crippen LogP contribution >= 0.6 is 11.6 Å². The normalized spacial score (nSPS) is 12.3. The van der Waals surface area contributed by atoms with E-state index < -0.39 is 6.04 Å². The van der Waals surface area contributed by atoms with E-state index in [0.29, 0.717) is 11.4 Å². The first-order chi connectivity index (χ1) is 7.04. The second-order valence-electron chi connectivity index (χ2n) is 3.46. The number of halogens is 1. The zero-order chi connectivity index (χ0) is 11.4. The van der Waals surface area contributed by atoms with E-state index in [9.17, 15) is 4.79 Å². The topological polar surface area (TPSA) is 55.1 Å². The molecule has 1 atom stereocenters. The average molecular weight is 227 g/mol. The van der Waals surface area contributed by atoms with Gasteiger partial charge in [0.25, 0.3) is 0 Å². The van der Waals surface area contributed by atoms with E-state index in [-0.39, 0.29) is 5.91 Å². The van der Waals surface area contributed by atoms with Crippen LogP contribution in [-0.2, 0) is 4.79 Å². The van der Waals surface area contributed by atoms with E-state index in [1.807, 2.05) is 13.8 Å². The third-order valence-corrected chi connectivity index (χ3v) is 2.46. The SMILES string of the molecule is CC[C@H](N)C(=O)Nc1ccc(Cl)cc1C. The summed E-state index contributed by atoms with van der Waals surface area (Å²) in [7, 11) is 0. The van der Waals surface area contributed by atoms with Gasteiger partial charge in [-0.1, -0.05) is 18.5 Å². The monoisotopic (exact) mass is 226 g/mol. The van der Waals surface area contributed by atoms with Gasteiger partial charge < -0.3 is 11.1 Å². The maximum Gasteiger partial charge on any atom is 0.241 e. The first-order valence-electron chi connectivity index (χ1n) is 4.87. The van der Waals surface area contributed by atoms with Crippen molar-refractivity contribution in [2.45, 2.75) is 26.3 Å². The molecule has 0 unspecified atom stereocenters. The van der Waals surface area contributed by atoms with Crippen LogP contribution < -0.4 is 11.1 Å². The van der Waals surface area contributed by atoms with Gasteiger partial charge in [-0.05, 0) is 37.1 Å². The van der Waals surface area contributed by atoms with E-state index in [0.717, 1.165) is 11.3 Å². The quantitative estimate of drug-likeness (QED) is 0.831.